The van der Waals surface area contributed by atoms with Crippen molar-refractivity contribution in [3.8, 4) is 0 Å². The molecule has 0 aromatic carbocycles. The first-order valence-electron chi connectivity index (χ1n) is 6.41. The van der Waals surface area contributed by atoms with Crippen molar-refractivity contribution in [2.45, 2.75) is 44.6 Å². The molecule has 0 saturated heterocycles. The second kappa shape index (κ2) is 6.13. The molecule has 0 unspecified atom stereocenters. The molecule has 2 rings (SSSR count). The van der Waals surface area contributed by atoms with Gasteiger partial charge in [-0.2, -0.15) is 0 Å². The van der Waals surface area contributed by atoms with Gasteiger partial charge < -0.3 is 4.74 Å². The second-order valence-electron chi connectivity index (χ2n) is 4.58. The van der Waals surface area contributed by atoms with E-state index in [0.717, 1.165) is 17.8 Å². The SMILES string of the molecule is CCOC1(c2nc(C(=O)CCl)cs2)CCCCC1. The third-order valence-corrected chi connectivity index (χ3v) is 4.65. The van der Waals surface area contributed by atoms with Gasteiger partial charge in [0.05, 0.1) is 5.88 Å². The zero-order valence-corrected chi connectivity index (χ0v) is 12.1. The molecule has 1 heterocycles. The summed E-state index contributed by atoms with van der Waals surface area (Å²) in [5, 5.41) is 2.74. The molecule has 0 atom stereocenters. The largest absolute Gasteiger partial charge is 0.368 e. The summed E-state index contributed by atoms with van der Waals surface area (Å²) in [7, 11) is 0. The third-order valence-electron chi connectivity index (χ3n) is 3.38. The maximum absolute atomic E-state index is 11.5. The van der Waals surface area contributed by atoms with E-state index >= 15 is 0 Å². The van der Waals surface area contributed by atoms with Crippen LogP contribution >= 0.6 is 22.9 Å². The summed E-state index contributed by atoms with van der Waals surface area (Å²) in [5.74, 6) is -0.119. The maximum atomic E-state index is 11.5. The van der Waals surface area contributed by atoms with E-state index in [9.17, 15) is 4.79 Å². The van der Waals surface area contributed by atoms with Crippen LogP contribution in [0.25, 0.3) is 0 Å². The highest BCUT2D eigenvalue weighted by Gasteiger charge is 2.37. The fraction of sp³-hybridized carbons (Fsp3) is 0.692. The summed E-state index contributed by atoms with van der Waals surface area (Å²) in [6.07, 6.45) is 5.59. The Balaban J connectivity index is 2.25. The fourth-order valence-corrected chi connectivity index (χ4v) is 3.67. The lowest BCUT2D eigenvalue weighted by Gasteiger charge is -2.35. The van der Waals surface area contributed by atoms with Crippen molar-refractivity contribution in [2.24, 2.45) is 0 Å². The van der Waals surface area contributed by atoms with Gasteiger partial charge in [-0.3, -0.25) is 4.79 Å². The summed E-state index contributed by atoms with van der Waals surface area (Å²) in [5.41, 5.74) is 0.220. The predicted octanol–water partition coefficient (Wildman–Crippen LogP) is 3.76. The Hall–Kier alpha value is -0.450. The predicted molar refractivity (Wildman–Crippen MR) is 73.6 cm³/mol. The zero-order chi connectivity index (χ0) is 13.0. The lowest BCUT2D eigenvalue weighted by atomic mass is 9.85. The van der Waals surface area contributed by atoms with Crippen LogP contribution in [0.4, 0.5) is 0 Å². The molecule has 0 radical (unpaired) electrons. The van der Waals surface area contributed by atoms with Gasteiger partial charge >= 0.3 is 0 Å². The Morgan fingerprint density at radius 1 is 1.50 bits per heavy atom. The van der Waals surface area contributed by atoms with Crippen LogP contribution in [0.2, 0.25) is 0 Å². The smallest absolute Gasteiger partial charge is 0.196 e. The number of ether oxygens (including phenoxy) is 1. The first-order valence-corrected chi connectivity index (χ1v) is 7.82. The second-order valence-corrected chi connectivity index (χ2v) is 5.71. The molecule has 0 N–H and O–H groups in total. The topological polar surface area (TPSA) is 39.2 Å². The normalized spacial score (nSPS) is 18.8. The number of ketones is 1. The number of halogens is 1. The van der Waals surface area contributed by atoms with Crippen LogP contribution in [0.5, 0.6) is 0 Å². The van der Waals surface area contributed by atoms with Gasteiger partial charge in [0.2, 0.25) is 0 Å². The number of nitrogens with zero attached hydrogens (tertiary/aromatic N) is 1. The summed E-state index contributed by atoms with van der Waals surface area (Å²) >= 11 is 7.08. The molecular formula is C13H18ClNO2S. The Bertz CT molecular complexity index is 407. The van der Waals surface area contributed by atoms with Crippen molar-refractivity contribution < 1.29 is 9.53 Å². The van der Waals surface area contributed by atoms with Crippen molar-refractivity contribution >= 4 is 28.7 Å². The molecule has 100 valence electrons. The molecule has 1 saturated carbocycles. The number of carbonyl (C=O) groups excluding carboxylic acids is 1. The van der Waals surface area contributed by atoms with E-state index in [1.54, 1.807) is 5.38 Å². The Morgan fingerprint density at radius 2 is 2.22 bits per heavy atom. The van der Waals surface area contributed by atoms with E-state index in [4.69, 9.17) is 16.3 Å². The third kappa shape index (κ3) is 2.76. The molecule has 5 heteroatoms. The molecule has 1 aromatic heterocycles. The van der Waals surface area contributed by atoms with Crippen LogP contribution in [-0.4, -0.2) is 23.3 Å². The van der Waals surface area contributed by atoms with Gasteiger partial charge in [0.15, 0.2) is 5.78 Å². The minimum Gasteiger partial charge on any atom is -0.368 e. The molecule has 18 heavy (non-hydrogen) atoms. The number of hydrogen-bond acceptors (Lipinski definition) is 4. The number of thiazole rings is 1. The highest BCUT2D eigenvalue weighted by atomic mass is 35.5. The first-order chi connectivity index (χ1) is 8.72. The number of rotatable bonds is 5. The summed E-state index contributed by atoms with van der Waals surface area (Å²) < 4.78 is 5.99. The fourth-order valence-electron chi connectivity index (χ4n) is 2.50. The number of aromatic nitrogens is 1. The molecule has 0 spiro atoms. The van der Waals surface area contributed by atoms with Gasteiger partial charge in [-0.1, -0.05) is 19.3 Å². The van der Waals surface area contributed by atoms with Crippen molar-refractivity contribution in [1.29, 1.82) is 0 Å². The molecule has 0 amide bonds. The monoisotopic (exact) mass is 287 g/mol. The van der Waals surface area contributed by atoms with Crippen LogP contribution in [0.15, 0.2) is 5.38 Å². The van der Waals surface area contributed by atoms with Gasteiger partial charge in [0.1, 0.15) is 16.3 Å². The molecule has 0 bridgehead atoms. The highest BCUT2D eigenvalue weighted by Crippen LogP contribution is 2.41. The average Bonchev–Trinajstić information content (AvgIpc) is 2.89. The maximum Gasteiger partial charge on any atom is 0.196 e. The number of alkyl halides is 1. The van der Waals surface area contributed by atoms with E-state index < -0.39 is 0 Å². The quantitative estimate of drug-likeness (QED) is 0.611. The van der Waals surface area contributed by atoms with Gasteiger partial charge in [-0.25, -0.2) is 4.98 Å². The van der Waals surface area contributed by atoms with Gasteiger partial charge in [0.25, 0.3) is 0 Å². The van der Waals surface area contributed by atoms with Crippen LogP contribution in [0.1, 0.15) is 54.5 Å². The minimum atomic E-state index is -0.261. The molecule has 1 aliphatic rings. The molecule has 1 aliphatic carbocycles. The molecule has 3 nitrogen and oxygen atoms in total. The van der Waals surface area contributed by atoms with Crippen LogP contribution in [0, 0.1) is 0 Å². The Labute approximate surface area is 117 Å². The summed E-state index contributed by atoms with van der Waals surface area (Å²) in [6, 6.07) is 0. The molecule has 0 aliphatic heterocycles. The van der Waals surface area contributed by atoms with Crippen molar-refractivity contribution in [1.82, 2.24) is 4.98 Å². The number of carbonyl (C=O) groups is 1. The van der Waals surface area contributed by atoms with Crippen LogP contribution in [0.3, 0.4) is 0 Å². The number of hydrogen-bond donors (Lipinski definition) is 0. The minimum absolute atomic E-state index is 0.00912. The van der Waals surface area contributed by atoms with Crippen molar-refractivity contribution in [2.75, 3.05) is 12.5 Å². The van der Waals surface area contributed by atoms with Gasteiger partial charge in [0, 0.05) is 12.0 Å². The highest BCUT2D eigenvalue weighted by molar-refractivity contribution is 7.10. The lowest BCUT2D eigenvalue weighted by molar-refractivity contribution is -0.0704. The average molecular weight is 288 g/mol. The lowest BCUT2D eigenvalue weighted by Crippen LogP contribution is -2.32. The number of Topliss-reactive ketones (excluding diaryl/α,β-unsaturated/α-hetero) is 1. The van der Waals surface area contributed by atoms with E-state index in [1.807, 2.05) is 6.92 Å². The van der Waals surface area contributed by atoms with Crippen molar-refractivity contribution in [3.63, 3.8) is 0 Å². The van der Waals surface area contributed by atoms with E-state index in [-0.39, 0.29) is 17.3 Å². The molecular weight excluding hydrogens is 270 g/mol. The standard InChI is InChI=1S/C13H18ClNO2S/c1-2-17-13(6-4-3-5-7-13)12-15-10(9-18-12)11(16)8-14/h9H,2-8H2,1H3. The first kappa shape index (κ1) is 14.0. The van der Waals surface area contributed by atoms with E-state index in [0.29, 0.717) is 12.3 Å². The van der Waals surface area contributed by atoms with E-state index in [1.165, 1.54) is 30.6 Å². The van der Waals surface area contributed by atoms with Crippen LogP contribution < -0.4 is 0 Å². The van der Waals surface area contributed by atoms with Gasteiger partial charge in [-0.15, -0.1) is 22.9 Å². The molecule has 1 fully saturated rings. The van der Waals surface area contributed by atoms with Crippen molar-refractivity contribution in [3.05, 3.63) is 16.1 Å². The Morgan fingerprint density at radius 3 is 2.83 bits per heavy atom. The Kier molecular flexibility index (Phi) is 4.76. The zero-order valence-electron chi connectivity index (χ0n) is 10.6. The molecule has 1 aromatic rings. The summed E-state index contributed by atoms with van der Waals surface area (Å²) in [6.45, 7) is 2.69. The van der Waals surface area contributed by atoms with Gasteiger partial charge in [-0.05, 0) is 19.8 Å². The van der Waals surface area contributed by atoms with E-state index in [2.05, 4.69) is 4.98 Å². The van der Waals surface area contributed by atoms with Crippen LogP contribution in [-0.2, 0) is 10.3 Å². The summed E-state index contributed by atoms with van der Waals surface area (Å²) in [4.78, 5) is 16.0.